The van der Waals surface area contributed by atoms with Crippen molar-refractivity contribution in [2.24, 2.45) is 0 Å². The fourth-order valence-electron chi connectivity index (χ4n) is 1.19. The highest BCUT2D eigenvalue weighted by molar-refractivity contribution is 7.98. The van der Waals surface area contributed by atoms with E-state index in [4.69, 9.17) is 0 Å². The van der Waals surface area contributed by atoms with Crippen LogP contribution in [0.4, 0.5) is 0 Å². The number of aromatic nitrogens is 3. The molecule has 84 valence electrons. The van der Waals surface area contributed by atoms with Gasteiger partial charge in [-0.3, -0.25) is 0 Å². The Bertz CT molecular complexity index is 478. The summed E-state index contributed by atoms with van der Waals surface area (Å²) in [7, 11) is 0. The van der Waals surface area contributed by atoms with E-state index in [9.17, 15) is 5.11 Å². The van der Waals surface area contributed by atoms with Crippen molar-refractivity contribution >= 4 is 23.1 Å². The van der Waals surface area contributed by atoms with Crippen molar-refractivity contribution in [1.29, 1.82) is 0 Å². The Morgan fingerprint density at radius 1 is 1.38 bits per heavy atom. The maximum absolute atomic E-state index is 9.33. The zero-order chi connectivity index (χ0) is 11.5. The highest BCUT2D eigenvalue weighted by Crippen LogP contribution is 2.23. The van der Waals surface area contributed by atoms with Crippen molar-refractivity contribution < 1.29 is 5.11 Å². The Labute approximate surface area is 102 Å². The van der Waals surface area contributed by atoms with Gasteiger partial charge in [0.2, 0.25) is 5.88 Å². The lowest BCUT2D eigenvalue weighted by Crippen LogP contribution is -1.91. The largest absolute Gasteiger partial charge is 0.493 e. The summed E-state index contributed by atoms with van der Waals surface area (Å²) >= 11 is 3.11. The van der Waals surface area contributed by atoms with Crippen LogP contribution in [-0.4, -0.2) is 20.1 Å². The van der Waals surface area contributed by atoms with E-state index in [-0.39, 0.29) is 5.88 Å². The molecule has 6 heteroatoms. The number of rotatable bonds is 3. The van der Waals surface area contributed by atoms with Gasteiger partial charge in [0, 0.05) is 22.4 Å². The number of aryl methyl sites for hydroxylation is 2. The molecule has 16 heavy (non-hydrogen) atoms. The molecule has 0 fully saturated rings. The standard InChI is InChI=1S/C10H11N3OS2/c1-6-3-9(14)13-10(12-6)15-4-8-7(2)16-5-11-8/h3,5H,4H2,1-2H3,(H,12,13,14). The lowest BCUT2D eigenvalue weighted by Gasteiger charge is -2.01. The van der Waals surface area contributed by atoms with Crippen LogP contribution in [0.3, 0.4) is 0 Å². The lowest BCUT2D eigenvalue weighted by atomic mass is 10.4. The van der Waals surface area contributed by atoms with E-state index in [1.165, 1.54) is 22.7 Å². The van der Waals surface area contributed by atoms with E-state index in [1.807, 2.05) is 19.4 Å². The van der Waals surface area contributed by atoms with E-state index in [0.29, 0.717) is 5.16 Å². The monoisotopic (exact) mass is 253 g/mol. The van der Waals surface area contributed by atoms with Gasteiger partial charge < -0.3 is 5.11 Å². The first kappa shape index (κ1) is 11.3. The van der Waals surface area contributed by atoms with Crippen LogP contribution in [0.25, 0.3) is 0 Å². The smallest absolute Gasteiger partial charge is 0.215 e. The zero-order valence-electron chi connectivity index (χ0n) is 8.97. The molecule has 0 aliphatic carbocycles. The minimum atomic E-state index is 0.0185. The van der Waals surface area contributed by atoms with E-state index in [2.05, 4.69) is 15.0 Å². The van der Waals surface area contributed by atoms with Crippen LogP contribution < -0.4 is 0 Å². The number of hydrogen-bond donors (Lipinski definition) is 1. The Hall–Kier alpha value is -1.14. The highest BCUT2D eigenvalue weighted by atomic mass is 32.2. The Morgan fingerprint density at radius 2 is 2.19 bits per heavy atom. The summed E-state index contributed by atoms with van der Waals surface area (Å²) in [5.41, 5.74) is 3.66. The molecule has 0 radical (unpaired) electrons. The maximum Gasteiger partial charge on any atom is 0.215 e. The van der Waals surface area contributed by atoms with Crippen molar-refractivity contribution in [3.05, 3.63) is 27.8 Å². The Morgan fingerprint density at radius 3 is 2.81 bits per heavy atom. The molecule has 0 spiro atoms. The summed E-state index contributed by atoms with van der Waals surface area (Å²) in [4.78, 5) is 13.6. The van der Waals surface area contributed by atoms with E-state index in [0.717, 1.165) is 17.1 Å². The van der Waals surface area contributed by atoms with Gasteiger partial charge in [0.1, 0.15) is 0 Å². The molecular weight excluding hydrogens is 242 g/mol. The number of thiazole rings is 1. The SMILES string of the molecule is Cc1cc(O)nc(SCc2ncsc2C)n1. The highest BCUT2D eigenvalue weighted by Gasteiger charge is 2.06. The Kier molecular flexibility index (Phi) is 3.40. The summed E-state index contributed by atoms with van der Waals surface area (Å²) < 4.78 is 0. The molecule has 0 amide bonds. The molecule has 2 aromatic heterocycles. The minimum Gasteiger partial charge on any atom is -0.493 e. The molecule has 4 nitrogen and oxygen atoms in total. The van der Waals surface area contributed by atoms with Gasteiger partial charge in [-0.25, -0.2) is 9.97 Å². The number of nitrogens with zero attached hydrogens (tertiary/aromatic N) is 3. The summed E-state index contributed by atoms with van der Waals surface area (Å²) in [5, 5.41) is 9.92. The topological polar surface area (TPSA) is 58.9 Å². The zero-order valence-corrected chi connectivity index (χ0v) is 10.6. The van der Waals surface area contributed by atoms with Crippen LogP contribution in [0.15, 0.2) is 16.7 Å². The van der Waals surface area contributed by atoms with E-state index < -0.39 is 0 Å². The van der Waals surface area contributed by atoms with E-state index >= 15 is 0 Å². The van der Waals surface area contributed by atoms with Crippen LogP contribution in [0, 0.1) is 13.8 Å². The minimum absolute atomic E-state index is 0.0185. The molecule has 2 aromatic rings. The fraction of sp³-hybridized carbons (Fsp3) is 0.300. The molecule has 0 saturated carbocycles. The van der Waals surface area contributed by atoms with Crippen LogP contribution >= 0.6 is 23.1 Å². The second-order valence-corrected chi connectivity index (χ2v) is 5.30. The predicted molar refractivity (Wildman–Crippen MR) is 64.8 cm³/mol. The summed E-state index contributed by atoms with van der Waals surface area (Å²) in [6, 6.07) is 1.54. The van der Waals surface area contributed by atoms with Crippen LogP contribution in [-0.2, 0) is 5.75 Å². The number of thioether (sulfide) groups is 1. The van der Waals surface area contributed by atoms with Crippen molar-refractivity contribution in [2.75, 3.05) is 0 Å². The molecule has 0 bridgehead atoms. The molecule has 2 heterocycles. The number of aromatic hydroxyl groups is 1. The molecule has 0 unspecified atom stereocenters. The van der Waals surface area contributed by atoms with Crippen LogP contribution in [0.5, 0.6) is 5.88 Å². The average molecular weight is 253 g/mol. The van der Waals surface area contributed by atoms with Gasteiger partial charge >= 0.3 is 0 Å². The first-order valence-electron chi connectivity index (χ1n) is 4.71. The molecule has 0 aliphatic heterocycles. The lowest BCUT2D eigenvalue weighted by molar-refractivity contribution is 0.444. The summed E-state index contributed by atoms with van der Waals surface area (Å²) in [6.07, 6.45) is 0. The van der Waals surface area contributed by atoms with Gasteiger partial charge in [-0.05, 0) is 13.8 Å². The quantitative estimate of drug-likeness (QED) is 0.673. The summed E-state index contributed by atoms with van der Waals surface area (Å²) in [6.45, 7) is 3.88. The first-order chi connectivity index (χ1) is 7.65. The first-order valence-corrected chi connectivity index (χ1v) is 6.58. The molecule has 2 rings (SSSR count). The Balaban J connectivity index is 2.07. The van der Waals surface area contributed by atoms with Crippen molar-refractivity contribution in [1.82, 2.24) is 15.0 Å². The average Bonchev–Trinajstić information content (AvgIpc) is 2.59. The molecule has 1 N–H and O–H groups in total. The van der Waals surface area contributed by atoms with Crippen LogP contribution in [0.2, 0.25) is 0 Å². The normalized spacial score (nSPS) is 10.6. The van der Waals surface area contributed by atoms with Crippen molar-refractivity contribution in [2.45, 2.75) is 24.8 Å². The third-order valence-corrected chi connectivity index (χ3v) is 3.66. The van der Waals surface area contributed by atoms with Gasteiger partial charge in [-0.15, -0.1) is 11.3 Å². The van der Waals surface area contributed by atoms with Gasteiger partial charge in [-0.2, -0.15) is 4.98 Å². The molecule has 0 aliphatic rings. The summed E-state index contributed by atoms with van der Waals surface area (Å²) in [5.74, 6) is 0.753. The molecule has 0 saturated heterocycles. The van der Waals surface area contributed by atoms with Gasteiger partial charge in [0.05, 0.1) is 11.2 Å². The van der Waals surface area contributed by atoms with Crippen molar-refractivity contribution in [3.63, 3.8) is 0 Å². The molecule has 0 aromatic carbocycles. The fourth-order valence-corrected chi connectivity index (χ4v) is 2.80. The van der Waals surface area contributed by atoms with Crippen LogP contribution in [0.1, 0.15) is 16.3 Å². The maximum atomic E-state index is 9.33. The predicted octanol–water partition coefficient (Wildman–Crippen LogP) is 2.55. The van der Waals surface area contributed by atoms with Crippen molar-refractivity contribution in [3.8, 4) is 5.88 Å². The van der Waals surface area contributed by atoms with Gasteiger partial charge in [0.25, 0.3) is 0 Å². The second kappa shape index (κ2) is 4.80. The molecule has 0 atom stereocenters. The molecular formula is C10H11N3OS2. The second-order valence-electron chi connectivity index (χ2n) is 3.29. The third-order valence-electron chi connectivity index (χ3n) is 2.00. The third kappa shape index (κ3) is 2.70. The van der Waals surface area contributed by atoms with Gasteiger partial charge in [-0.1, -0.05) is 11.8 Å². The number of hydrogen-bond acceptors (Lipinski definition) is 6. The van der Waals surface area contributed by atoms with Gasteiger partial charge in [0.15, 0.2) is 5.16 Å². The van der Waals surface area contributed by atoms with E-state index in [1.54, 1.807) is 11.3 Å².